The zero-order chi connectivity index (χ0) is 14.5. The summed E-state index contributed by atoms with van der Waals surface area (Å²) in [6.45, 7) is 0.944. The number of nitrogens with one attached hydrogen (secondary N) is 1. The molecule has 0 spiro atoms. The molecule has 2 aromatic carbocycles. The van der Waals surface area contributed by atoms with Gasteiger partial charge in [0.1, 0.15) is 19.0 Å². The Bertz CT molecular complexity index is 721. The van der Waals surface area contributed by atoms with Crippen molar-refractivity contribution in [3.8, 4) is 17.2 Å². The van der Waals surface area contributed by atoms with Gasteiger partial charge in [0.15, 0.2) is 11.5 Å². The molecule has 1 aromatic heterocycles. The van der Waals surface area contributed by atoms with Crippen LogP contribution in [0.3, 0.4) is 0 Å². The van der Waals surface area contributed by atoms with Crippen LogP contribution in [0.15, 0.2) is 54.7 Å². The SMILES string of the molecule is COc1ccccc1OCCOc1ccc2[nH]ccc2c1. The van der Waals surface area contributed by atoms with E-state index in [0.717, 1.165) is 28.2 Å². The highest BCUT2D eigenvalue weighted by Crippen LogP contribution is 2.25. The van der Waals surface area contributed by atoms with Gasteiger partial charge in [0.05, 0.1) is 7.11 Å². The van der Waals surface area contributed by atoms with Crippen molar-refractivity contribution < 1.29 is 14.2 Å². The van der Waals surface area contributed by atoms with Crippen molar-refractivity contribution in [2.75, 3.05) is 20.3 Å². The molecule has 0 radical (unpaired) electrons. The Kier molecular flexibility index (Phi) is 3.96. The third-order valence-corrected chi connectivity index (χ3v) is 3.20. The van der Waals surface area contributed by atoms with Crippen molar-refractivity contribution >= 4 is 10.9 Å². The summed E-state index contributed by atoms with van der Waals surface area (Å²) in [6, 6.07) is 15.6. The second kappa shape index (κ2) is 6.22. The predicted octanol–water partition coefficient (Wildman–Crippen LogP) is 3.63. The highest BCUT2D eigenvalue weighted by molar-refractivity contribution is 5.80. The van der Waals surface area contributed by atoms with E-state index in [1.807, 2.05) is 54.7 Å². The minimum absolute atomic E-state index is 0.464. The van der Waals surface area contributed by atoms with Crippen LogP contribution in [0.4, 0.5) is 0 Å². The van der Waals surface area contributed by atoms with E-state index in [9.17, 15) is 0 Å². The van der Waals surface area contributed by atoms with Gasteiger partial charge in [-0.25, -0.2) is 0 Å². The molecule has 1 N–H and O–H groups in total. The van der Waals surface area contributed by atoms with Crippen LogP contribution in [0.1, 0.15) is 0 Å². The van der Waals surface area contributed by atoms with Gasteiger partial charge in [-0.2, -0.15) is 0 Å². The fraction of sp³-hybridized carbons (Fsp3) is 0.176. The van der Waals surface area contributed by atoms with Gasteiger partial charge < -0.3 is 19.2 Å². The molecular weight excluding hydrogens is 266 g/mol. The third kappa shape index (κ3) is 3.11. The van der Waals surface area contributed by atoms with Crippen molar-refractivity contribution in [3.63, 3.8) is 0 Å². The number of H-pyrrole nitrogens is 1. The van der Waals surface area contributed by atoms with Crippen LogP contribution in [-0.4, -0.2) is 25.3 Å². The number of fused-ring (bicyclic) bond motifs is 1. The van der Waals surface area contributed by atoms with Crippen LogP contribution in [0, 0.1) is 0 Å². The zero-order valence-electron chi connectivity index (χ0n) is 11.8. The Hall–Kier alpha value is -2.62. The molecule has 4 nitrogen and oxygen atoms in total. The van der Waals surface area contributed by atoms with Crippen molar-refractivity contribution in [1.29, 1.82) is 0 Å². The Morgan fingerprint density at radius 3 is 2.57 bits per heavy atom. The number of hydrogen-bond donors (Lipinski definition) is 1. The molecule has 0 aliphatic carbocycles. The monoisotopic (exact) mass is 283 g/mol. The summed E-state index contributed by atoms with van der Waals surface area (Å²) in [5.74, 6) is 2.29. The molecule has 3 aromatic rings. The van der Waals surface area contributed by atoms with Crippen LogP contribution in [0.5, 0.6) is 17.2 Å². The van der Waals surface area contributed by atoms with E-state index in [2.05, 4.69) is 4.98 Å². The molecule has 0 saturated carbocycles. The highest BCUT2D eigenvalue weighted by atomic mass is 16.5. The predicted molar refractivity (Wildman–Crippen MR) is 82.3 cm³/mol. The summed E-state index contributed by atoms with van der Waals surface area (Å²) in [7, 11) is 1.63. The van der Waals surface area contributed by atoms with E-state index in [4.69, 9.17) is 14.2 Å². The lowest BCUT2D eigenvalue weighted by Gasteiger charge is -2.11. The average Bonchev–Trinajstić information content (AvgIpc) is 2.99. The van der Waals surface area contributed by atoms with E-state index >= 15 is 0 Å². The summed E-state index contributed by atoms with van der Waals surface area (Å²) in [4.78, 5) is 3.15. The van der Waals surface area contributed by atoms with Crippen molar-refractivity contribution in [1.82, 2.24) is 4.98 Å². The molecule has 3 rings (SSSR count). The number of aromatic amines is 1. The fourth-order valence-corrected chi connectivity index (χ4v) is 2.17. The lowest BCUT2D eigenvalue weighted by molar-refractivity contribution is 0.211. The normalized spacial score (nSPS) is 10.5. The van der Waals surface area contributed by atoms with Gasteiger partial charge >= 0.3 is 0 Å². The Balaban J connectivity index is 1.54. The summed E-state index contributed by atoms with van der Waals surface area (Å²) in [5, 5.41) is 1.14. The zero-order valence-corrected chi connectivity index (χ0v) is 11.8. The van der Waals surface area contributed by atoms with E-state index in [1.54, 1.807) is 7.11 Å². The number of aromatic nitrogens is 1. The minimum atomic E-state index is 0.464. The maximum absolute atomic E-state index is 5.70. The number of hydrogen-bond acceptors (Lipinski definition) is 3. The molecule has 0 bridgehead atoms. The van der Waals surface area contributed by atoms with Crippen LogP contribution in [0.2, 0.25) is 0 Å². The van der Waals surface area contributed by atoms with Gasteiger partial charge in [0.2, 0.25) is 0 Å². The number of ether oxygens (including phenoxy) is 3. The Labute approximate surface area is 123 Å². The lowest BCUT2D eigenvalue weighted by atomic mass is 10.2. The summed E-state index contributed by atoms with van der Waals surface area (Å²) < 4.78 is 16.6. The first-order valence-electron chi connectivity index (χ1n) is 6.82. The van der Waals surface area contributed by atoms with E-state index in [0.29, 0.717) is 13.2 Å². The first kappa shape index (κ1) is 13.4. The maximum atomic E-state index is 5.70. The average molecular weight is 283 g/mol. The molecule has 0 saturated heterocycles. The van der Waals surface area contributed by atoms with Crippen LogP contribution >= 0.6 is 0 Å². The van der Waals surface area contributed by atoms with Crippen molar-refractivity contribution in [2.45, 2.75) is 0 Å². The van der Waals surface area contributed by atoms with Crippen molar-refractivity contribution in [3.05, 3.63) is 54.7 Å². The van der Waals surface area contributed by atoms with Gasteiger partial charge in [-0.05, 0) is 36.4 Å². The molecule has 1 heterocycles. The second-order valence-corrected chi connectivity index (χ2v) is 4.57. The number of benzene rings is 2. The first-order chi connectivity index (χ1) is 10.4. The van der Waals surface area contributed by atoms with Gasteiger partial charge in [0, 0.05) is 17.1 Å². The molecule has 21 heavy (non-hydrogen) atoms. The molecule has 0 atom stereocenters. The summed E-state index contributed by atoms with van der Waals surface area (Å²) in [5.41, 5.74) is 1.10. The smallest absolute Gasteiger partial charge is 0.161 e. The molecule has 0 fully saturated rings. The molecule has 108 valence electrons. The van der Waals surface area contributed by atoms with Gasteiger partial charge in [-0.3, -0.25) is 0 Å². The molecule has 4 heteroatoms. The standard InChI is InChI=1S/C17H17NO3/c1-19-16-4-2-3-5-17(16)21-11-10-20-14-6-7-15-13(12-14)8-9-18-15/h2-9,12,18H,10-11H2,1H3. The van der Waals surface area contributed by atoms with E-state index < -0.39 is 0 Å². The number of methoxy groups -OCH3 is 1. The third-order valence-electron chi connectivity index (χ3n) is 3.20. The van der Waals surface area contributed by atoms with Gasteiger partial charge in [0.25, 0.3) is 0 Å². The largest absolute Gasteiger partial charge is 0.493 e. The topological polar surface area (TPSA) is 43.5 Å². The highest BCUT2D eigenvalue weighted by Gasteiger charge is 2.02. The minimum Gasteiger partial charge on any atom is -0.493 e. The maximum Gasteiger partial charge on any atom is 0.161 e. The lowest BCUT2D eigenvalue weighted by Crippen LogP contribution is -2.09. The van der Waals surface area contributed by atoms with Crippen LogP contribution in [-0.2, 0) is 0 Å². The summed E-state index contributed by atoms with van der Waals surface area (Å²) in [6.07, 6.45) is 1.92. The molecule has 0 aliphatic rings. The second-order valence-electron chi connectivity index (χ2n) is 4.57. The number of rotatable bonds is 6. The van der Waals surface area contributed by atoms with Gasteiger partial charge in [-0.15, -0.1) is 0 Å². The number of para-hydroxylation sites is 2. The van der Waals surface area contributed by atoms with Gasteiger partial charge in [-0.1, -0.05) is 12.1 Å². The molecule has 0 aliphatic heterocycles. The molecular formula is C17H17NO3. The van der Waals surface area contributed by atoms with E-state index in [-0.39, 0.29) is 0 Å². The Morgan fingerprint density at radius 2 is 1.71 bits per heavy atom. The fourth-order valence-electron chi connectivity index (χ4n) is 2.17. The Morgan fingerprint density at radius 1 is 0.905 bits per heavy atom. The van der Waals surface area contributed by atoms with E-state index in [1.165, 1.54) is 0 Å². The quantitative estimate of drug-likeness (QED) is 0.702. The molecule has 0 unspecified atom stereocenters. The van der Waals surface area contributed by atoms with Crippen molar-refractivity contribution in [2.24, 2.45) is 0 Å². The summed E-state index contributed by atoms with van der Waals surface area (Å²) >= 11 is 0. The van der Waals surface area contributed by atoms with Crippen LogP contribution < -0.4 is 14.2 Å². The first-order valence-corrected chi connectivity index (χ1v) is 6.82. The molecule has 0 amide bonds. The van der Waals surface area contributed by atoms with Crippen LogP contribution in [0.25, 0.3) is 10.9 Å².